The summed E-state index contributed by atoms with van der Waals surface area (Å²) in [7, 11) is 0. The van der Waals surface area contributed by atoms with Crippen LogP contribution in [0.1, 0.15) is 40.5 Å². The molecular formula is C11H26N2. The van der Waals surface area contributed by atoms with E-state index in [2.05, 4.69) is 38.3 Å². The van der Waals surface area contributed by atoms with Gasteiger partial charge in [-0.1, -0.05) is 20.8 Å². The Labute approximate surface area is 83.5 Å². The zero-order valence-corrected chi connectivity index (χ0v) is 9.69. The van der Waals surface area contributed by atoms with Crippen molar-refractivity contribution in [1.29, 1.82) is 0 Å². The van der Waals surface area contributed by atoms with Gasteiger partial charge < -0.3 is 10.6 Å². The average molecular weight is 186 g/mol. The fourth-order valence-electron chi connectivity index (χ4n) is 1.27. The van der Waals surface area contributed by atoms with Crippen LogP contribution in [0.2, 0.25) is 0 Å². The van der Waals surface area contributed by atoms with Gasteiger partial charge in [-0.15, -0.1) is 0 Å². The van der Waals surface area contributed by atoms with Gasteiger partial charge in [0, 0.05) is 19.1 Å². The zero-order chi connectivity index (χ0) is 10.1. The van der Waals surface area contributed by atoms with Crippen LogP contribution >= 0.6 is 0 Å². The molecule has 2 heteroatoms. The highest BCUT2D eigenvalue weighted by atomic mass is 15.0. The van der Waals surface area contributed by atoms with E-state index in [4.69, 9.17) is 0 Å². The maximum atomic E-state index is 3.51. The lowest BCUT2D eigenvalue weighted by Gasteiger charge is -2.14. The molecule has 0 bridgehead atoms. The maximum absolute atomic E-state index is 3.51. The van der Waals surface area contributed by atoms with Gasteiger partial charge >= 0.3 is 0 Å². The van der Waals surface area contributed by atoms with Crippen molar-refractivity contribution in [3.8, 4) is 0 Å². The molecule has 80 valence electrons. The van der Waals surface area contributed by atoms with Crippen LogP contribution in [0.15, 0.2) is 0 Å². The Kier molecular flexibility index (Phi) is 8.46. The number of hydrogen-bond acceptors (Lipinski definition) is 2. The Morgan fingerprint density at radius 1 is 1.00 bits per heavy atom. The molecule has 0 aromatic heterocycles. The lowest BCUT2D eigenvalue weighted by molar-refractivity contribution is 0.449. The minimum absolute atomic E-state index is 0.668. The van der Waals surface area contributed by atoms with Gasteiger partial charge in [0.1, 0.15) is 0 Å². The predicted octanol–water partition coefficient (Wildman–Crippen LogP) is 2.01. The van der Waals surface area contributed by atoms with Crippen molar-refractivity contribution in [1.82, 2.24) is 10.6 Å². The smallest absolute Gasteiger partial charge is 0.00792 e. The van der Waals surface area contributed by atoms with Gasteiger partial charge in [-0.3, -0.25) is 0 Å². The van der Waals surface area contributed by atoms with Crippen molar-refractivity contribution in [3.63, 3.8) is 0 Å². The van der Waals surface area contributed by atoms with Crippen LogP contribution in [-0.4, -0.2) is 25.7 Å². The van der Waals surface area contributed by atoms with E-state index in [-0.39, 0.29) is 0 Å². The molecule has 0 aliphatic carbocycles. The van der Waals surface area contributed by atoms with Gasteiger partial charge in [-0.25, -0.2) is 0 Å². The summed E-state index contributed by atoms with van der Waals surface area (Å²) < 4.78 is 0. The first-order valence-corrected chi connectivity index (χ1v) is 5.60. The van der Waals surface area contributed by atoms with Crippen LogP contribution in [0.4, 0.5) is 0 Å². The second kappa shape index (κ2) is 8.52. The van der Waals surface area contributed by atoms with Crippen molar-refractivity contribution < 1.29 is 0 Å². The van der Waals surface area contributed by atoms with Crippen molar-refractivity contribution in [2.45, 2.75) is 46.6 Å². The molecule has 0 saturated heterocycles. The molecule has 1 atom stereocenters. The Hall–Kier alpha value is -0.0800. The van der Waals surface area contributed by atoms with Gasteiger partial charge in [0.15, 0.2) is 0 Å². The normalized spacial score (nSPS) is 13.6. The SMILES string of the molecule is CCNCCNC(C)CCC(C)C. The summed E-state index contributed by atoms with van der Waals surface area (Å²) in [6.07, 6.45) is 2.62. The molecule has 2 nitrogen and oxygen atoms in total. The third kappa shape index (κ3) is 9.84. The van der Waals surface area contributed by atoms with Crippen LogP contribution in [0, 0.1) is 5.92 Å². The van der Waals surface area contributed by atoms with E-state index in [0.29, 0.717) is 6.04 Å². The molecule has 0 saturated carbocycles. The summed E-state index contributed by atoms with van der Waals surface area (Å²) in [4.78, 5) is 0. The summed E-state index contributed by atoms with van der Waals surface area (Å²) in [6, 6.07) is 0.668. The van der Waals surface area contributed by atoms with E-state index in [9.17, 15) is 0 Å². The molecule has 0 aliphatic heterocycles. The van der Waals surface area contributed by atoms with E-state index >= 15 is 0 Å². The summed E-state index contributed by atoms with van der Waals surface area (Å²) in [6.45, 7) is 12.2. The van der Waals surface area contributed by atoms with E-state index < -0.39 is 0 Å². The van der Waals surface area contributed by atoms with Crippen LogP contribution in [0.25, 0.3) is 0 Å². The minimum Gasteiger partial charge on any atom is -0.316 e. The molecule has 0 aliphatic rings. The summed E-state index contributed by atoms with van der Waals surface area (Å²) in [5.74, 6) is 0.831. The fourth-order valence-corrected chi connectivity index (χ4v) is 1.27. The number of hydrogen-bond donors (Lipinski definition) is 2. The minimum atomic E-state index is 0.668. The van der Waals surface area contributed by atoms with Crippen molar-refractivity contribution >= 4 is 0 Å². The molecule has 0 amide bonds. The lowest BCUT2D eigenvalue weighted by Crippen LogP contribution is -2.33. The van der Waals surface area contributed by atoms with E-state index in [1.54, 1.807) is 0 Å². The first kappa shape index (κ1) is 12.9. The Balaban J connectivity index is 3.15. The molecule has 1 unspecified atom stereocenters. The van der Waals surface area contributed by atoms with Gasteiger partial charge in [0.25, 0.3) is 0 Å². The number of rotatable bonds is 8. The molecule has 13 heavy (non-hydrogen) atoms. The van der Waals surface area contributed by atoms with Crippen LogP contribution in [0.5, 0.6) is 0 Å². The molecule has 0 radical (unpaired) electrons. The molecule has 0 spiro atoms. The summed E-state index contributed by atoms with van der Waals surface area (Å²) in [5, 5.41) is 6.82. The van der Waals surface area contributed by atoms with E-state index in [0.717, 1.165) is 25.6 Å². The first-order chi connectivity index (χ1) is 6.16. The zero-order valence-electron chi connectivity index (χ0n) is 9.69. The highest BCUT2D eigenvalue weighted by Gasteiger charge is 2.01. The van der Waals surface area contributed by atoms with Gasteiger partial charge in [0.2, 0.25) is 0 Å². The van der Waals surface area contributed by atoms with Gasteiger partial charge in [-0.2, -0.15) is 0 Å². The highest BCUT2D eigenvalue weighted by molar-refractivity contribution is 4.62. The van der Waals surface area contributed by atoms with E-state index in [1.807, 2.05) is 0 Å². The molecule has 0 aromatic rings. The molecule has 0 heterocycles. The fraction of sp³-hybridized carbons (Fsp3) is 1.00. The number of likely N-dealkylation sites (N-methyl/N-ethyl adjacent to an activating group) is 1. The van der Waals surface area contributed by atoms with Gasteiger partial charge in [0.05, 0.1) is 0 Å². The van der Waals surface area contributed by atoms with Crippen LogP contribution in [0.3, 0.4) is 0 Å². The first-order valence-electron chi connectivity index (χ1n) is 5.60. The molecular weight excluding hydrogens is 160 g/mol. The average Bonchev–Trinajstić information content (AvgIpc) is 2.09. The monoisotopic (exact) mass is 186 g/mol. The number of nitrogens with one attached hydrogen (secondary N) is 2. The third-order valence-electron chi connectivity index (χ3n) is 2.22. The van der Waals surface area contributed by atoms with Gasteiger partial charge in [-0.05, 0) is 32.2 Å². The van der Waals surface area contributed by atoms with Crippen molar-refractivity contribution in [3.05, 3.63) is 0 Å². The predicted molar refractivity (Wildman–Crippen MR) is 60.1 cm³/mol. The van der Waals surface area contributed by atoms with E-state index in [1.165, 1.54) is 12.8 Å². The topological polar surface area (TPSA) is 24.1 Å². The Morgan fingerprint density at radius 2 is 1.69 bits per heavy atom. The summed E-state index contributed by atoms with van der Waals surface area (Å²) >= 11 is 0. The summed E-state index contributed by atoms with van der Waals surface area (Å²) in [5.41, 5.74) is 0. The molecule has 2 N–H and O–H groups in total. The lowest BCUT2D eigenvalue weighted by atomic mass is 10.0. The second-order valence-electron chi connectivity index (χ2n) is 4.18. The van der Waals surface area contributed by atoms with Crippen molar-refractivity contribution in [2.24, 2.45) is 5.92 Å². The molecule has 0 rings (SSSR count). The molecule has 0 aromatic carbocycles. The third-order valence-corrected chi connectivity index (χ3v) is 2.22. The highest BCUT2D eigenvalue weighted by Crippen LogP contribution is 2.05. The van der Waals surface area contributed by atoms with Crippen LogP contribution < -0.4 is 10.6 Å². The quantitative estimate of drug-likeness (QED) is 0.567. The standard InChI is InChI=1S/C11H26N2/c1-5-12-8-9-13-11(4)7-6-10(2)3/h10-13H,5-9H2,1-4H3. The second-order valence-corrected chi connectivity index (χ2v) is 4.18. The maximum Gasteiger partial charge on any atom is 0.00792 e. The van der Waals surface area contributed by atoms with Crippen LogP contribution in [-0.2, 0) is 0 Å². The Bertz CT molecular complexity index is 102. The molecule has 0 fully saturated rings. The largest absolute Gasteiger partial charge is 0.316 e. The van der Waals surface area contributed by atoms with Crippen molar-refractivity contribution in [2.75, 3.05) is 19.6 Å². The Morgan fingerprint density at radius 3 is 2.23 bits per heavy atom.